The Morgan fingerprint density at radius 1 is 0.971 bits per heavy atom. The number of aromatic nitrogens is 2. The molecule has 4 aromatic rings. The van der Waals surface area contributed by atoms with E-state index in [2.05, 4.69) is 19.8 Å². The lowest BCUT2D eigenvalue weighted by molar-refractivity contribution is 0.0247. The highest BCUT2D eigenvalue weighted by Crippen LogP contribution is 2.29. The zero-order chi connectivity index (χ0) is 23.1. The summed E-state index contributed by atoms with van der Waals surface area (Å²) in [6, 6.07) is 17.8. The molecule has 2 fully saturated rings. The molecule has 2 aliphatic rings. The predicted molar refractivity (Wildman–Crippen MR) is 127 cm³/mol. The molecule has 0 saturated carbocycles. The number of piperazine rings is 1. The van der Waals surface area contributed by atoms with Gasteiger partial charge in [-0.1, -0.05) is 18.2 Å². The Bertz CT molecular complexity index is 1330. The number of halogens is 1. The van der Waals surface area contributed by atoms with Crippen LogP contribution in [0.2, 0.25) is 0 Å². The summed E-state index contributed by atoms with van der Waals surface area (Å²) in [7, 11) is 0. The molecule has 4 heterocycles. The van der Waals surface area contributed by atoms with Crippen molar-refractivity contribution in [3.63, 3.8) is 0 Å². The topological polar surface area (TPSA) is 65.7 Å². The summed E-state index contributed by atoms with van der Waals surface area (Å²) in [5.74, 6) is 0.909. The first kappa shape index (κ1) is 20.8. The van der Waals surface area contributed by atoms with E-state index in [1.54, 1.807) is 24.3 Å². The molecule has 6 rings (SSSR count). The second kappa shape index (κ2) is 8.53. The number of oxazole rings is 1. The molecule has 0 bridgehead atoms. The largest absolute Gasteiger partial charge is 0.435 e. The van der Waals surface area contributed by atoms with Crippen LogP contribution >= 0.6 is 0 Å². The van der Waals surface area contributed by atoms with Gasteiger partial charge in [-0.15, -0.1) is 0 Å². The van der Waals surface area contributed by atoms with E-state index in [-0.39, 0.29) is 11.7 Å². The maximum atomic E-state index is 13.6. The third-order valence-corrected chi connectivity index (χ3v) is 6.67. The van der Waals surface area contributed by atoms with Crippen molar-refractivity contribution in [3.05, 3.63) is 78.2 Å². The fraction of sp³-hybridized carbons (Fsp3) is 0.269. The van der Waals surface area contributed by atoms with Crippen LogP contribution in [0, 0.1) is 5.82 Å². The minimum atomic E-state index is -0.358. The van der Waals surface area contributed by atoms with E-state index < -0.39 is 0 Å². The molecule has 2 aliphatic heterocycles. The molecule has 0 radical (unpaired) electrons. The summed E-state index contributed by atoms with van der Waals surface area (Å²) in [5.41, 5.74) is 2.07. The van der Waals surface area contributed by atoms with E-state index in [1.165, 1.54) is 12.1 Å². The molecule has 2 saturated heterocycles. The van der Waals surface area contributed by atoms with Crippen LogP contribution in [0.4, 0.5) is 10.2 Å². The second-order valence-electron chi connectivity index (χ2n) is 8.76. The van der Waals surface area contributed by atoms with Crippen molar-refractivity contribution in [2.75, 3.05) is 44.2 Å². The Kier molecular flexibility index (Phi) is 5.22. The van der Waals surface area contributed by atoms with E-state index in [0.29, 0.717) is 47.2 Å². The first-order valence-corrected chi connectivity index (χ1v) is 11.5. The van der Waals surface area contributed by atoms with Crippen molar-refractivity contribution < 1.29 is 13.6 Å². The summed E-state index contributed by atoms with van der Waals surface area (Å²) in [5, 5.41) is 0. The molecule has 172 valence electrons. The van der Waals surface area contributed by atoms with Gasteiger partial charge in [-0.3, -0.25) is 9.69 Å². The average Bonchev–Trinajstić information content (AvgIpc) is 3.29. The van der Waals surface area contributed by atoms with Crippen LogP contribution in [0.3, 0.4) is 0 Å². The van der Waals surface area contributed by atoms with Crippen molar-refractivity contribution in [3.8, 4) is 11.5 Å². The van der Waals surface area contributed by atoms with Gasteiger partial charge < -0.3 is 14.2 Å². The smallest absolute Gasteiger partial charge is 0.257 e. The SMILES string of the molecule is O=C(c1cccc2nc(-c3cccc(F)c3)oc12)N1CC(N2CCN(c3ccccn3)CC2)C1. The van der Waals surface area contributed by atoms with Crippen LogP contribution in [-0.2, 0) is 0 Å². The van der Waals surface area contributed by atoms with Gasteiger partial charge in [0.2, 0.25) is 5.89 Å². The Morgan fingerprint density at radius 3 is 2.56 bits per heavy atom. The first-order chi connectivity index (χ1) is 16.7. The lowest BCUT2D eigenvalue weighted by atomic mass is 10.0. The molecule has 1 amide bonds. The van der Waals surface area contributed by atoms with Crippen LogP contribution in [0.25, 0.3) is 22.6 Å². The number of fused-ring (bicyclic) bond motifs is 1. The Balaban J connectivity index is 1.12. The molecule has 8 heteroatoms. The second-order valence-corrected chi connectivity index (χ2v) is 8.76. The molecule has 2 aromatic heterocycles. The van der Waals surface area contributed by atoms with Gasteiger partial charge in [0.15, 0.2) is 5.58 Å². The fourth-order valence-electron chi connectivity index (χ4n) is 4.74. The number of amides is 1. The zero-order valence-corrected chi connectivity index (χ0v) is 18.6. The third-order valence-electron chi connectivity index (χ3n) is 6.67. The minimum absolute atomic E-state index is 0.0593. The quantitative estimate of drug-likeness (QED) is 0.466. The summed E-state index contributed by atoms with van der Waals surface area (Å²) in [6.07, 6.45) is 1.83. The van der Waals surface area contributed by atoms with Crippen molar-refractivity contribution >= 4 is 22.8 Å². The maximum Gasteiger partial charge on any atom is 0.257 e. The highest BCUT2D eigenvalue weighted by Gasteiger charge is 2.37. The summed E-state index contributed by atoms with van der Waals surface area (Å²) >= 11 is 0. The Morgan fingerprint density at radius 2 is 1.79 bits per heavy atom. The zero-order valence-electron chi connectivity index (χ0n) is 18.6. The molecule has 0 spiro atoms. The standard InChI is InChI=1S/C26H24FN5O2/c27-19-6-3-5-18(15-19)25-29-22-8-4-7-21(24(22)34-25)26(33)32-16-20(17-32)30-11-13-31(14-12-30)23-9-1-2-10-28-23/h1-10,15,20H,11-14,16-17H2. The number of carbonyl (C=O) groups is 1. The highest BCUT2D eigenvalue weighted by atomic mass is 19.1. The van der Waals surface area contributed by atoms with Gasteiger partial charge in [-0.2, -0.15) is 0 Å². The molecule has 7 nitrogen and oxygen atoms in total. The Hall–Kier alpha value is -3.78. The first-order valence-electron chi connectivity index (χ1n) is 11.5. The van der Waals surface area contributed by atoms with Crippen molar-refractivity contribution in [1.29, 1.82) is 0 Å². The van der Waals surface area contributed by atoms with Crippen molar-refractivity contribution in [2.45, 2.75) is 6.04 Å². The van der Waals surface area contributed by atoms with E-state index in [4.69, 9.17) is 4.42 Å². The number of pyridine rings is 1. The van der Waals surface area contributed by atoms with Crippen molar-refractivity contribution in [1.82, 2.24) is 19.8 Å². The lowest BCUT2D eigenvalue weighted by Crippen LogP contribution is -2.64. The molecule has 0 aliphatic carbocycles. The summed E-state index contributed by atoms with van der Waals surface area (Å²) in [4.78, 5) is 28.8. The number of benzene rings is 2. The number of anilines is 1. The van der Waals surface area contributed by atoms with Gasteiger partial charge in [-0.05, 0) is 42.5 Å². The number of nitrogens with zero attached hydrogens (tertiary/aromatic N) is 5. The Labute approximate surface area is 196 Å². The third kappa shape index (κ3) is 3.80. The minimum Gasteiger partial charge on any atom is -0.435 e. The van der Waals surface area contributed by atoms with Crippen molar-refractivity contribution in [2.24, 2.45) is 0 Å². The summed E-state index contributed by atoms with van der Waals surface area (Å²) in [6.45, 7) is 5.17. The molecular weight excluding hydrogens is 433 g/mol. The molecule has 0 atom stereocenters. The van der Waals surface area contributed by atoms with Gasteiger partial charge in [0, 0.05) is 57.1 Å². The normalized spacial score (nSPS) is 17.2. The van der Waals surface area contributed by atoms with Crippen LogP contribution in [0.1, 0.15) is 10.4 Å². The predicted octanol–water partition coefficient (Wildman–Crippen LogP) is 3.68. The average molecular weight is 458 g/mol. The van der Waals surface area contributed by atoms with Gasteiger partial charge in [0.1, 0.15) is 17.2 Å². The van der Waals surface area contributed by atoms with Crippen LogP contribution in [-0.4, -0.2) is 71.0 Å². The van der Waals surface area contributed by atoms with Gasteiger partial charge in [-0.25, -0.2) is 14.4 Å². The number of likely N-dealkylation sites (tertiary alicyclic amines) is 1. The van der Waals surface area contributed by atoms with Crippen LogP contribution in [0.5, 0.6) is 0 Å². The van der Waals surface area contributed by atoms with E-state index in [0.717, 1.165) is 32.0 Å². The maximum absolute atomic E-state index is 13.6. The van der Waals surface area contributed by atoms with Crippen LogP contribution < -0.4 is 4.90 Å². The van der Waals surface area contributed by atoms with Gasteiger partial charge in [0.25, 0.3) is 5.91 Å². The lowest BCUT2D eigenvalue weighted by Gasteiger charge is -2.48. The highest BCUT2D eigenvalue weighted by molar-refractivity contribution is 6.04. The number of para-hydroxylation sites is 1. The number of hydrogen-bond acceptors (Lipinski definition) is 6. The molecule has 0 unspecified atom stereocenters. The number of carbonyl (C=O) groups excluding carboxylic acids is 1. The fourth-order valence-corrected chi connectivity index (χ4v) is 4.74. The monoisotopic (exact) mass is 457 g/mol. The number of rotatable bonds is 4. The molecule has 0 N–H and O–H groups in total. The van der Waals surface area contributed by atoms with Crippen LogP contribution in [0.15, 0.2) is 71.3 Å². The summed E-state index contributed by atoms with van der Waals surface area (Å²) < 4.78 is 19.6. The van der Waals surface area contributed by atoms with E-state index >= 15 is 0 Å². The van der Waals surface area contributed by atoms with Gasteiger partial charge in [0.05, 0.1) is 5.56 Å². The van der Waals surface area contributed by atoms with Gasteiger partial charge >= 0.3 is 0 Å². The molecule has 2 aromatic carbocycles. The molecule has 34 heavy (non-hydrogen) atoms. The molecular formula is C26H24FN5O2. The number of hydrogen-bond donors (Lipinski definition) is 0. The van der Waals surface area contributed by atoms with E-state index in [9.17, 15) is 9.18 Å². The van der Waals surface area contributed by atoms with E-state index in [1.807, 2.05) is 35.4 Å².